The number of nitrogen functional groups attached to an aromatic ring is 1. The Kier molecular flexibility index (Phi) is 2.47. The van der Waals surface area contributed by atoms with Crippen LogP contribution in [0, 0.1) is 0 Å². The highest BCUT2D eigenvalue weighted by Gasteiger charge is 2.39. The van der Waals surface area contributed by atoms with Gasteiger partial charge in [0, 0.05) is 11.3 Å². The molecule has 2 nitrogen and oxygen atoms in total. The van der Waals surface area contributed by atoms with Gasteiger partial charge in [0.25, 0.3) is 0 Å². The third-order valence-electron chi connectivity index (χ3n) is 3.28. The van der Waals surface area contributed by atoms with Crippen LogP contribution in [0.3, 0.4) is 0 Å². The van der Waals surface area contributed by atoms with Crippen molar-refractivity contribution in [3.05, 3.63) is 29.3 Å². The molecule has 15 heavy (non-hydrogen) atoms. The molecule has 0 saturated heterocycles. The maximum Gasteiger partial charge on any atom is 0.0915 e. The number of hydrogen-bond donors (Lipinski definition) is 1. The number of hydrogen-bond acceptors (Lipinski definition) is 2. The number of rotatable bonds is 2. The van der Waals surface area contributed by atoms with Gasteiger partial charge in [0.15, 0.2) is 0 Å². The van der Waals surface area contributed by atoms with Gasteiger partial charge in [-0.3, -0.25) is 0 Å². The van der Waals surface area contributed by atoms with Crippen LogP contribution in [0.25, 0.3) is 0 Å². The summed E-state index contributed by atoms with van der Waals surface area (Å²) < 4.78 is 6.06. The molecule has 82 valence electrons. The fraction of sp³-hybridized carbons (Fsp3) is 0.538. The molecule has 0 amide bonds. The molecule has 2 N–H and O–H groups in total. The number of ether oxygens (including phenoxy) is 1. The van der Waals surface area contributed by atoms with E-state index in [9.17, 15) is 0 Å². The van der Waals surface area contributed by atoms with Crippen molar-refractivity contribution in [3.8, 4) is 0 Å². The van der Waals surface area contributed by atoms with Crippen LogP contribution in [0.1, 0.15) is 50.8 Å². The Balaban J connectivity index is 2.51. The van der Waals surface area contributed by atoms with Crippen LogP contribution in [-0.4, -0.2) is 0 Å². The second-order valence-corrected chi connectivity index (χ2v) is 4.55. The van der Waals surface area contributed by atoms with Crippen molar-refractivity contribution in [1.82, 2.24) is 0 Å². The van der Waals surface area contributed by atoms with E-state index < -0.39 is 0 Å². The lowest BCUT2D eigenvalue weighted by Crippen LogP contribution is -2.20. The number of anilines is 1. The van der Waals surface area contributed by atoms with E-state index in [1.807, 2.05) is 12.1 Å². The van der Waals surface area contributed by atoms with Gasteiger partial charge in [-0.05, 0) is 31.9 Å². The Morgan fingerprint density at radius 2 is 2.20 bits per heavy atom. The minimum Gasteiger partial charge on any atom is -0.398 e. The van der Waals surface area contributed by atoms with Gasteiger partial charge < -0.3 is 10.5 Å². The molecule has 2 atom stereocenters. The molecule has 1 aliphatic rings. The van der Waals surface area contributed by atoms with Gasteiger partial charge in [-0.1, -0.05) is 25.5 Å². The maximum atomic E-state index is 6.06. The quantitative estimate of drug-likeness (QED) is 0.751. The van der Waals surface area contributed by atoms with Crippen LogP contribution >= 0.6 is 0 Å². The third kappa shape index (κ3) is 1.53. The summed E-state index contributed by atoms with van der Waals surface area (Å²) in [6.45, 7) is 6.43. The van der Waals surface area contributed by atoms with Crippen LogP contribution in [0.15, 0.2) is 18.2 Å². The van der Waals surface area contributed by atoms with Crippen LogP contribution in [-0.2, 0) is 10.3 Å². The van der Waals surface area contributed by atoms with Gasteiger partial charge in [0.2, 0.25) is 0 Å². The van der Waals surface area contributed by atoms with Crippen LogP contribution in [0.2, 0.25) is 0 Å². The van der Waals surface area contributed by atoms with Crippen molar-refractivity contribution in [2.75, 3.05) is 5.73 Å². The third-order valence-corrected chi connectivity index (χ3v) is 3.28. The van der Waals surface area contributed by atoms with Gasteiger partial charge in [-0.2, -0.15) is 0 Å². The number of benzene rings is 1. The first-order valence-electron chi connectivity index (χ1n) is 5.65. The second-order valence-electron chi connectivity index (χ2n) is 4.55. The van der Waals surface area contributed by atoms with Gasteiger partial charge in [-0.25, -0.2) is 0 Å². The Labute approximate surface area is 91.4 Å². The van der Waals surface area contributed by atoms with Crippen LogP contribution < -0.4 is 5.73 Å². The molecule has 0 aromatic heterocycles. The Hall–Kier alpha value is -1.02. The van der Waals surface area contributed by atoms with Gasteiger partial charge in [0.05, 0.1) is 11.7 Å². The van der Waals surface area contributed by atoms with Crippen molar-refractivity contribution < 1.29 is 4.74 Å². The normalized spacial score (nSPS) is 29.1. The summed E-state index contributed by atoms with van der Waals surface area (Å²) in [7, 11) is 0. The maximum absolute atomic E-state index is 6.06. The Morgan fingerprint density at radius 1 is 1.47 bits per heavy atom. The van der Waals surface area contributed by atoms with E-state index in [-0.39, 0.29) is 11.7 Å². The summed E-state index contributed by atoms with van der Waals surface area (Å²) in [4.78, 5) is 0. The largest absolute Gasteiger partial charge is 0.398 e. The van der Waals surface area contributed by atoms with Crippen molar-refractivity contribution in [1.29, 1.82) is 0 Å². The zero-order valence-corrected chi connectivity index (χ0v) is 9.71. The van der Waals surface area contributed by atoms with Crippen LogP contribution in [0.4, 0.5) is 5.69 Å². The molecular weight excluding hydrogens is 186 g/mol. The smallest absolute Gasteiger partial charge is 0.0915 e. The molecule has 1 aromatic carbocycles. The van der Waals surface area contributed by atoms with E-state index in [0.29, 0.717) is 0 Å². The SMILES string of the molecule is CCCC1(C)OC(C)c2c(N)cccc21. The van der Waals surface area contributed by atoms with E-state index in [2.05, 4.69) is 26.8 Å². The topological polar surface area (TPSA) is 35.2 Å². The molecule has 0 saturated carbocycles. The molecule has 1 heterocycles. The van der Waals surface area contributed by atoms with Gasteiger partial charge in [-0.15, -0.1) is 0 Å². The molecule has 0 radical (unpaired) electrons. The molecule has 2 unspecified atom stereocenters. The summed E-state index contributed by atoms with van der Waals surface area (Å²) in [5, 5.41) is 0. The van der Waals surface area contributed by atoms with Gasteiger partial charge in [0.1, 0.15) is 0 Å². The Bertz CT molecular complexity index is 375. The van der Waals surface area contributed by atoms with E-state index in [1.54, 1.807) is 0 Å². The van der Waals surface area contributed by atoms with Crippen LogP contribution in [0.5, 0.6) is 0 Å². The van der Waals surface area contributed by atoms with Crippen molar-refractivity contribution >= 4 is 5.69 Å². The fourth-order valence-corrected chi connectivity index (χ4v) is 2.68. The number of nitrogens with two attached hydrogens (primary N) is 1. The zero-order valence-electron chi connectivity index (χ0n) is 9.71. The molecule has 0 aliphatic carbocycles. The highest BCUT2D eigenvalue weighted by Crippen LogP contribution is 2.47. The van der Waals surface area contributed by atoms with E-state index in [4.69, 9.17) is 10.5 Å². The summed E-state index contributed by atoms with van der Waals surface area (Å²) >= 11 is 0. The zero-order chi connectivity index (χ0) is 11.1. The minimum absolute atomic E-state index is 0.123. The van der Waals surface area contributed by atoms with Crippen molar-refractivity contribution in [2.45, 2.75) is 45.3 Å². The molecule has 2 rings (SSSR count). The lowest BCUT2D eigenvalue weighted by atomic mass is 9.89. The highest BCUT2D eigenvalue weighted by molar-refractivity contribution is 5.55. The molecule has 1 aliphatic heterocycles. The van der Waals surface area contributed by atoms with E-state index >= 15 is 0 Å². The summed E-state index contributed by atoms with van der Waals surface area (Å²) in [5.74, 6) is 0. The first-order valence-corrected chi connectivity index (χ1v) is 5.65. The average Bonchev–Trinajstić information content (AvgIpc) is 2.41. The standard InChI is InChI=1S/C13H19NO/c1-4-8-13(3)10-6-5-7-11(14)12(10)9(2)15-13/h5-7,9H,4,8,14H2,1-3H3. The predicted molar refractivity (Wildman–Crippen MR) is 62.6 cm³/mol. The fourth-order valence-electron chi connectivity index (χ4n) is 2.68. The Morgan fingerprint density at radius 3 is 2.87 bits per heavy atom. The summed E-state index contributed by atoms with van der Waals surface area (Å²) in [6.07, 6.45) is 2.29. The average molecular weight is 205 g/mol. The minimum atomic E-state index is -0.140. The summed E-state index contributed by atoms with van der Waals surface area (Å²) in [6, 6.07) is 6.12. The predicted octanol–water partition coefficient (Wildman–Crippen LogP) is 3.38. The lowest BCUT2D eigenvalue weighted by molar-refractivity contribution is -0.0624. The van der Waals surface area contributed by atoms with Crippen molar-refractivity contribution in [3.63, 3.8) is 0 Å². The first-order chi connectivity index (χ1) is 7.08. The monoisotopic (exact) mass is 205 g/mol. The van der Waals surface area contributed by atoms with E-state index in [1.165, 1.54) is 11.1 Å². The first kappa shape index (κ1) is 10.5. The van der Waals surface area contributed by atoms with E-state index in [0.717, 1.165) is 18.5 Å². The molecule has 0 fully saturated rings. The highest BCUT2D eigenvalue weighted by atomic mass is 16.5. The second kappa shape index (κ2) is 3.53. The molecule has 0 spiro atoms. The molecule has 2 heteroatoms. The number of fused-ring (bicyclic) bond motifs is 1. The lowest BCUT2D eigenvalue weighted by Gasteiger charge is -2.24. The molecular formula is C13H19NO. The molecule has 0 bridgehead atoms. The molecule has 1 aromatic rings. The summed E-state index contributed by atoms with van der Waals surface area (Å²) in [5.41, 5.74) is 9.18. The van der Waals surface area contributed by atoms with Crippen molar-refractivity contribution in [2.24, 2.45) is 0 Å². The van der Waals surface area contributed by atoms with Gasteiger partial charge >= 0.3 is 0 Å².